The maximum Gasteiger partial charge on any atom is 0.317 e. The zero-order valence-electron chi connectivity index (χ0n) is 18.6. The summed E-state index contributed by atoms with van der Waals surface area (Å²) < 4.78 is 0. The molecule has 31 heavy (non-hydrogen) atoms. The fraction of sp³-hybridized carbons (Fsp3) is 0.542. The summed E-state index contributed by atoms with van der Waals surface area (Å²) in [6.07, 6.45) is 3.34. The number of carbonyl (C=O) groups excluding carboxylic acids is 2. The molecule has 2 N–H and O–H groups in total. The number of hydrogen-bond acceptors (Lipinski definition) is 5. The quantitative estimate of drug-likeness (QED) is 0.656. The molecule has 3 rings (SSSR count). The minimum atomic E-state index is -0.0511. The fourth-order valence-corrected chi connectivity index (χ4v) is 4.00. The zero-order chi connectivity index (χ0) is 22.2. The van der Waals surface area contributed by atoms with Gasteiger partial charge in [0, 0.05) is 58.3 Å². The van der Waals surface area contributed by atoms with Crippen molar-refractivity contribution >= 4 is 18.0 Å². The van der Waals surface area contributed by atoms with Gasteiger partial charge in [0.15, 0.2) is 5.78 Å². The second kappa shape index (κ2) is 11.1. The van der Waals surface area contributed by atoms with Gasteiger partial charge >= 0.3 is 6.03 Å². The Morgan fingerprint density at radius 2 is 1.90 bits per heavy atom. The molecule has 1 aliphatic carbocycles. The number of aryl methyl sites for hydroxylation is 1. The zero-order valence-corrected chi connectivity index (χ0v) is 18.6. The molecule has 1 aliphatic heterocycles. The number of amides is 2. The summed E-state index contributed by atoms with van der Waals surface area (Å²) in [6, 6.07) is 8.16. The fourth-order valence-electron chi connectivity index (χ4n) is 4.00. The van der Waals surface area contributed by atoms with E-state index in [1.165, 1.54) is 11.8 Å². The van der Waals surface area contributed by atoms with Gasteiger partial charge < -0.3 is 15.3 Å². The predicted octanol–water partition coefficient (Wildman–Crippen LogP) is 3.06. The third-order valence-electron chi connectivity index (χ3n) is 5.98. The van der Waals surface area contributed by atoms with Gasteiger partial charge in [0.25, 0.3) is 0 Å². The van der Waals surface area contributed by atoms with Crippen LogP contribution in [-0.4, -0.2) is 78.7 Å². The number of carbonyl (C=O) groups is 2. The highest BCUT2D eigenvalue weighted by Crippen LogP contribution is 2.33. The van der Waals surface area contributed by atoms with E-state index in [1.54, 1.807) is 0 Å². The third-order valence-corrected chi connectivity index (χ3v) is 5.98. The largest absolute Gasteiger partial charge is 0.511 e. The number of piperazine rings is 1. The number of urea groups is 1. The molecule has 7 heteroatoms. The first kappa shape index (κ1) is 23.0. The van der Waals surface area contributed by atoms with Crippen LogP contribution in [0.3, 0.4) is 0 Å². The van der Waals surface area contributed by atoms with Crippen LogP contribution in [0, 0.1) is 6.92 Å². The van der Waals surface area contributed by atoms with Crippen LogP contribution >= 0.6 is 0 Å². The molecule has 0 radical (unpaired) electrons. The first-order valence-electron chi connectivity index (χ1n) is 11.2. The molecular formula is C24H34N4O3. The summed E-state index contributed by atoms with van der Waals surface area (Å²) >= 11 is 0. The number of aliphatic hydroxyl groups excluding tert-OH is 1. The van der Waals surface area contributed by atoms with Crippen molar-refractivity contribution in [3.63, 3.8) is 0 Å². The molecule has 0 bridgehead atoms. The number of ketones is 1. The minimum absolute atomic E-state index is 0.0154. The van der Waals surface area contributed by atoms with Gasteiger partial charge in [0.05, 0.1) is 12.1 Å². The SMILES string of the molecule is CCCNC(=O)N1CCN(CCN=CC2=C(O)CC(c3ccc(C)cc3)CC2=O)CC1. The monoisotopic (exact) mass is 426 g/mol. The van der Waals surface area contributed by atoms with Crippen molar-refractivity contribution in [1.29, 1.82) is 0 Å². The van der Waals surface area contributed by atoms with Crippen molar-refractivity contribution in [1.82, 2.24) is 15.1 Å². The lowest BCUT2D eigenvalue weighted by Crippen LogP contribution is -2.52. The number of Topliss-reactive ketones (excluding diaryl/α,β-unsaturated/α-hetero) is 1. The molecule has 1 aromatic carbocycles. The molecule has 1 fully saturated rings. The number of nitrogens with zero attached hydrogens (tertiary/aromatic N) is 3. The number of aliphatic imine (C=N–C) groups is 1. The number of hydrogen-bond donors (Lipinski definition) is 2. The molecule has 1 aromatic rings. The van der Waals surface area contributed by atoms with Crippen LogP contribution in [0.2, 0.25) is 0 Å². The Labute approximate surface area is 184 Å². The van der Waals surface area contributed by atoms with E-state index < -0.39 is 0 Å². The summed E-state index contributed by atoms with van der Waals surface area (Å²) in [5.74, 6) is 0.109. The van der Waals surface area contributed by atoms with Crippen LogP contribution in [0.4, 0.5) is 4.79 Å². The lowest BCUT2D eigenvalue weighted by Gasteiger charge is -2.34. The van der Waals surface area contributed by atoms with Crippen LogP contribution in [-0.2, 0) is 4.79 Å². The molecule has 2 aliphatic rings. The minimum Gasteiger partial charge on any atom is -0.511 e. The van der Waals surface area contributed by atoms with Gasteiger partial charge in [-0.3, -0.25) is 14.7 Å². The number of nitrogens with one attached hydrogen (secondary N) is 1. The van der Waals surface area contributed by atoms with Crippen LogP contribution in [0.25, 0.3) is 0 Å². The highest BCUT2D eigenvalue weighted by atomic mass is 16.3. The molecular weight excluding hydrogens is 392 g/mol. The van der Waals surface area contributed by atoms with Crippen molar-refractivity contribution in [3.05, 3.63) is 46.7 Å². The van der Waals surface area contributed by atoms with E-state index in [9.17, 15) is 14.7 Å². The predicted molar refractivity (Wildman–Crippen MR) is 123 cm³/mol. The summed E-state index contributed by atoms with van der Waals surface area (Å²) in [7, 11) is 0. The van der Waals surface area contributed by atoms with E-state index in [0.29, 0.717) is 44.6 Å². The Hall–Kier alpha value is -2.67. The van der Waals surface area contributed by atoms with Crippen molar-refractivity contribution in [2.45, 2.75) is 39.0 Å². The smallest absolute Gasteiger partial charge is 0.317 e. The van der Waals surface area contributed by atoms with Gasteiger partial charge in [0.1, 0.15) is 5.76 Å². The third kappa shape index (κ3) is 6.40. The molecule has 168 valence electrons. The normalized spacial score (nSPS) is 20.5. The highest BCUT2D eigenvalue weighted by Gasteiger charge is 2.27. The van der Waals surface area contributed by atoms with Crippen LogP contribution in [0.15, 0.2) is 40.6 Å². The first-order valence-corrected chi connectivity index (χ1v) is 11.2. The van der Waals surface area contributed by atoms with Gasteiger partial charge in [-0.05, 0) is 24.8 Å². The molecule has 1 heterocycles. The summed E-state index contributed by atoms with van der Waals surface area (Å²) in [4.78, 5) is 33.1. The lowest BCUT2D eigenvalue weighted by atomic mass is 9.83. The molecule has 0 spiro atoms. The van der Waals surface area contributed by atoms with E-state index >= 15 is 0 Å². The van der Waals surface area contributed by atoms with E-state index in [4.69, 9.17) is 0 Å². The second-order valence-corrected chi connectivity index (χ2v) is 8.40. The van der Waals surface area contributed by atoms with E-state index in [-0.39, 0.29) is 23.5 Å². The maximum atomic E-state index is 12.6. The first-order chi connectivity index (χ1) is 15.0. The van der Waals surface area contributed by atoms with E-state index in [0.717, 1.165) is 31.6 Å². The van der Waals surface area contributed by atoms with Gasteiger partial charge in [-0.25, -0.2) is 4.79 Å². The molecule has 7 nitrogen and oxygen atoms in total. The van der Waals surface area contributed by atoms with Gasteiger partial charge in [-0.15, -0.1) is 0 Å². The van der Waals surface area contributed by atoms with Crippen molar-refractivity contribution in [2.75, 3.05) is 45.8 Å². The maximum absolute atomic E-state index is 12.6. The molecule has 0 saturated carbocycles. The van der Waals surface area contributed by atoms with Crippen molar-refractivity contribution in [2.24, 2.45) is 4.99 Å². The van der Waals surface area contributed by atoms with E-state index in [2.05, 4.69) is 15.2 Å². The van der Waals surface area contributed by atoms with Gasteiger partial charge in [0.2, 0.25) is 0 Å². The van der Waals surface area contributed by atoms with Crippen molar-refractivity contribution < 1.29 is 14.7 Å². The van der Waals surface area contributed by atoms with Crippen molar-refractivity contribution in [3.8, 4) is 0 Å². The van der Waals surface area contributed by atoms with Crippen LogP contribution in [0.5, 0.6) is 0 Å². The van der Waals surface area contributed by atoms with Crippen LogP contribution in [0.1, 0.15) is 43.2 Å². The molecule has 0 aromatic heterocycles. The average molecular weight is 427 g/mol. The lowest BCUT2D eigenvalue weighted by molar-refractivity contribution is -0.116. The molecule has 2 amide bonds. The van der Waals surface area contributed by atoms with Gasteiger partial charge in [-0.2, -0.15) is 0 Å². The molecule has 1 saturated heterocycles. The number of benzene rings is 1. The second-order valence-electron chi connectivity index (χ2n) is 8.40. The van der Waals surface area contributed by atoms with E-state index in [1.807, 2.05) is 43.0 Å². The highest BCUT2D eigenvalue weighted by molar-refractivity contribution is 6.14. The Kier molecular flexibility index (Phi) is 8.23. The van der Waals surface area contributed by atoms with Crippen LogP contribution < -0.4 is 5.32 Å². The average Bonchev–Trinajstić information content (AvgIpc) is 2.77. The summed E-state index contributed by atoms with van der Waals surface area (Å²) in [5.41, 5.74) is 2.62. The van der Waals surface area contributed by atoms with Gasteiger partial charge in [-0.1, -0.05) is 36.8 Å². The number of rotatable bonds is 7. The Morgan fingerprint density at radius 1 is 1.19 bits per heavy atom. The number of allylic oxidation sites excluding steroid dienone is 2. The Balaban J connectivity index is 1.44. The topological polar surface area (TPSA) is 85.2 Å². The molecule has 1 unspecified atom stereocenters. The summed E-state index contributed by atoms with van der Waals surface area (Å²) in [6.45, 7) is 9.18. The Morgan fingerprint density at radius 3 is 2.55 bits per heavy atom. The standard InChI is InChI=1S/C24H34N4O3/c1-3-8-26-24(31)28-13-11-27(12-14-28)10-9-25-17-21-22(29)15-20(16-23(21)30)19-6-4-18(2)5-7-19/h4-7,17,20,29H,3,8-16H2,1-2H3,(H,26,31). The number of aliphatic hydroxyl groups is 1. The molecule has 1 atom stereocenters. The Bertz CT molecular complexity index is 824. The summed E-state index contributed by atoms with van der Waals surface area (Å²) in [5, 5.41) is 13.3.